The molecule has 0 radical (unpaired) electrons. The Balaban J connectivity index is 1.39. The van der Waals surface area contributed by atoms with Crippen molar-refractivity contribution >= 4 is 0 Å². The van der Waals surface area contributed by atoms with Crippen LogP contribution in [0.25, 0.3) is 0 Å². The Labute approximate surface area is 192 Å². The van der Waals surface area contributed by atoms with E-state index in [2.05, 4.69) is 39.5 Å². The van der Waals surface area contributed by atoms with Gasteiger partial charge in [-0.1, -0.05) is 52.2 Å². The quantitative estimate of drug-likeness (QED) is 0.499. The highest BCUT2D eigenvalue weighted by molar-refractivity contribution is 5.35. The molecule has 2 heteroatoms. The van der Waals surface area contributed by atoms with Crippen LogP contribution in [0.3, 0.4) is 0 Å². The van der Waals surface area contributed by atoms with Crippen molar-refractivity contribution in [3.63, 3.8) is 0 Å². The second kappa shape index (κ2) is 7.86. The lowest BCUT2D eigenvalue weighted by atomic mass is 9.44. The summed E-state index contributed by atoms with van der Waals surface area (Å²) < 4.78 is 0. The third-order valence-electron chi connectivity index (χ3n) is 11.7. The number of rotatable bonds is 3. The summed E-state index contributed by atoms with van der Waals surface area (Å²) in [7, 11) is 0. The van der Waals surface area contributed by atoms with Crippen LogP contribution in [0.2, 0.25) is 0 Å². The number of allylic oxidation sites excluding steroid dienone is 2. The fraction of sp³-hybridized carbons (Fsp3) is 0.931. The first-order chi connectivity index (χ1) is 14.7. The predicted molar refractivity (Wildman–Crippen MR) is 130 cm³/mol. The predicted octanol–water partition coefficient (Wildman–Crippen LogP) is 6.83. The molecule has 0 aromatic heterocycles. The highest BCUT2D eigenvalue weighted by atomic mass is 16.3. The van der Waals surface area contributed by atoms with Crippen molar-refractivity contribution in [3.8, 4) is 0 Å². The maximum Gasteiger partial charge on any atom is 0.0594 e. The second-order valence-corrected chi connectivity index (χ2v) is 13.5. The Bertz CT molecular complexity index is 718. The minimum absolute atomic E-state index is 0.0745. The van der Waals surface area contributed by atoms with Gasteiger partial charge in [-0.3, -0.25) is 0 Å². The van der Waals surface area contributed by atoms with Gasteiger partial charge in [0.1, 0.15) is 0 Å². The highest BCUT2D eigenvalue weighted by Gasteiger charge is 2.59. The van der Waals surface area contributed by atoms with Crippen LogP contribution in [-0.2, 0) is 0 Å². The molecule has 31 heavy (non-hydrogen) atoms. The van der Waals surface area contributed by atoms with Crippen molar-refractivity contribution in [1.82, 2.24) is 4.90 Å². The standard InChI is InChI=1S/C29H49NO/c1-20(19-30-17-7-6-8-18-30)22-10-11-23-21-9-12-25-27(2,3)26(31)14-16-29(25,5)24(21)13-15-28(22,23)4/h20,22,24-26,31H,6-19H2,1-5H3/t20-,22-,24?,25?,26+,28-,29-/m1/s1. The maximum atomic E-state index is 10.8. The molecule has 4 aliphatic carbocycles. The largest absolute Gasteiger partial charge is 0.393 e. The van der Waals surface area contributed by atoms with E-state index in [-0.39, 0.29) is 11.5 Å². The third-order valence-corrected chi connectivity index (χ3v) is 11.7. The minimum Gasteiger partial charge on any atom is -0.393 e. The van der Waals surface area contributed by atoms with E-state index in [1.165, 1.54) is 83.8 Å². The van der Waals surface area contributed by atoms with Crippen LogP contribution in [0.1, 0.15) is 105 Å². The number of fused-ring (bicyclic) bond motifs is 4. The molecule has 5 rings (SSSR count). The molecule has 5 aliphatic rings. The zero-order valence-corrected chi connectivity index (χ0v) is 21.2. The molecule has 1 N–H and O–H groups in total. The Kier molecular flexibility index (Phi) is 5.70. The van der Waals surface area contributed by atoms with Gasteiger partial charge < -0.3 is 10.0 Å². The molecule has 176 valence electrons. The van der Waals surface area contributed by atoms with Crippen molar-refractivity contribution < 1.29 is 5.11 Å². The van der Waals surface area contributed by atoms with Gasteiger partial charge in [0.15, 0.2) is 0 Å². The zero-order valence-electron chi connectivity index (χ0n) is 21.2. The second-order valence-electron chi connectivity index (χ2n) is 13.5. The lowest BCUT2D eigenvalue weighted by Crippen LogP contribution is -2.56. The monoisotopic (exact) mass is 427 g/mol. The summed E-state index contributed by atoms with van der Waals surface area (Å²) in [6.07, 6.45) is 14.6. The Morgan fingerprint density at radius 1 is 0.935 bits per heavy atom. The molecule has 1 heterocycles. The minimum atomic E-state index is -0.111. The van der Waals surface area contributed by atoms with Crippen molar-refractivity contribution in [2.24, 2.45) is 39.9 Å². The van der Waals surface area contributed by atoms with Gasteiger partial charge >= 0.3 is 0 Å². The van der Waals surface area contributed by atoms with Crippen molar-refractivity contribution in [1.29, 1.82) is 0 Å². The van der Waals surface area contributed by atoms with Gasteiger partial charge in [-0.2, -0.15) is 0 Å². The van der Waals surface area contributed by atoms with Crippen LogP contribution in [-0.4, -0.2) is 35.7 Å². The highest BCUT2D eigenvalue weighted by Crippen LogP contribution is 2.68. The van der Waals surface area contributed by atoms with E-state index < -0.39 is 0 Å². The summed E-state index contributed by atoms with van der Waals surface area (Å²) in [6.45, 7) is 16.6. The molecular formula is C29H49NO. The van der Waals surface area contributed by atoms with Crippen LogP contribution in [0.15, 0.2) is 11.1 Å². The summed E-state index contributed by atoms with van der Waals surface area (Å²) >= 11 is 0. The molecular weight excluding hydrogens is 378 g/mol. The number of hydrogen-bond acceptors (Lipinski definition) is 2. The molecule has 0 aromatic carbocycles. The van der Waals surface area contributed by atoms with Gasteiger partial charge in [0.25, 0.3) is 0 Å². The van der Waals surface area contributed by atoms with Crippen molar-refractivity contribution in [2.45, 2.75) is 111 Å². The Hall–Kier alpha value is -0.340. The molecule has 0 amide bonds. The lowest BCUT2D eigenvalue weighted by molar-refractivity contribution is -0.128. The summed E-state index contributed by atoms with van der Waals surface area (Å²) in [5.41, 5.74) is 4.77. The average molecular weight is 428 g/mol. The molecule has 2 nitrogen and oxygen atoms in total. The van der Waals surface area contributed by atoms with E-state index in [1.807, 2.05) is 11.1 Å². The number of aliphatic hydroxyl groups is 1. The van der Waals surface area contributed by atoms with Crippen LogP contribution < -0.4 is 0 Å². The fourth-order valence-electron chi connectivity index (χ4n) is 9.96. The molecule has 0 spiro atoms. The number of piperidine rings is 1. The first-order valence-corrected chi connectivity index (χ1v) is 13.8. The van der Waals surface area contributed by atoms with Gasteiger partial charge in [-0.15, -0.1) is 0 Å². The van der Waals surface area contributed by atoms with Gasteiger partial charge in [0.05, 0.1) is 6.10 Å². The van der Waals surface area contributed by atoms with Crippen LogP contribution in [0.5, 0.6) is 0 Å². The van der Waals surface area contributed by atoms with Crippen LogP contribution >= 0.6 is 0 Å². The molecule has 3 saturated carbocycles. The normalized spacial score (nSPS) is 46.3. The lowest BCUT2D eigenvalue weighted by Gasteiger charge is -2.61. The molecule has 7 atom stereocenters. The van der Waals surface area contributed by atoms with Gasteiger partial charge in [-0.25, -0.2) is 0 Å². The smallest absolute Gasteiger partial charge is 0.0594 e. The van der Waals surface area contributed by atoms with E-state index in [0.717, 1.165) is 24.2 Å². The SMILES string of the molecule is C[C@H](CN1CCCCC1)[C@H]1CCC2=C3CCC4C(C)(C)[C@@H](O)CC[C@]4(C)C3CC[C@@]21C. The average Bonchev–Trinajstić information content (AvgIpc) is 3.09. The molecule has 0 bridgehead atoms. The third kappa shape index (κ3) is 3.40. The fourth-order valence-corrected chi connectivity index (χ4v) is 9.96. The summed E-state index contributed by atoms with van der Waals surface area (Å²) in [5, 5.41) is 10.8. The topological polar surface area (TPSA) is 23.5 Å². The van der Waals surface area contributed by atoms with E-state index in [0.29, 0.717) is 16.7 Å². The van der Waals surface area contributed by atoms with E-state index in [9.17, 15) is 5.11 Å². The number of aliphatic hydroxyl groups excluding tert-OH is 1. The molecule has 0 aromatic rings. The van der Waals surface area contributed by atoms with Gasteiger partial charge in [0.2, 0.25) is 0 Å². The summed E-state index contributed by atoms with van der Waals surface area (Å²) in [4.78, 5) is 2.77. The van der Waals surface area contributed by atoms with Crippen molar-refractivity contribution in [3.05, 3.63) is 11.1 Å². The molecule has 1 aliphatic heterocycles. The number of nitrogens with zero attached hydrogens (tertiary/aromatic N) is 1. The van der Waals surface area contributed by atoms with E-state index >= 15 is 0 Å². The molecule has 1 saturated heterocycles. The molecule has 2 unspecified atom stereocenters. The van der Waals surface area contributed by atoms with Crippen LogP contribution in [0.4, 0.5) is 0 Å². The van der Waals surface area contributed by atoms with Gasteiger partial charge in [0, 0.05) is 6.54 Å². The van der Waals surface area contributed by atoms with E-state index in [4.69, 9.17) is 0 Å². The van der Waals surface area contributed by atoms with Gasteiger partial charge in [-0.05, 0) is 117 Å². The summed E-state index contributed by atoms with van der Waals surface area (Å²) in [6, 6.07) is 0. The van der Waals surface area contributed by atoms with E-state index in [1.54, 1.807) is 0 Å². The first-order valence-electron chi connectivity index (χ1n) is 13.8. The molecule has 4 fully saturated rings. The number of hydrogen-bond donors (Lipinski definition) is 1. The number of likely N-dealkylation sites (tertiary alicyclic amines) is 1. The first kappa shape index (κ1) is 22.5. The Morgan fingerprint density at radius 2 is 1.68 bits per heavy atom. The Morgan fingerprint density at radius 3 is 2.42 bits per heavy atom. The maximum absolute atomic E-state index is 10.8. The van der Waals surface area contributed by atoms with Crippen molar-refractivity contribution in [2.75, 3.05) is 19.6 Å². The summed E-state index contributed by atoms with van der Waals surface area (Å²) in [5.74, 6) is 3.18. The zero-order chi connectivity index (χ0) is 22.0. The van der Waals surface area contributed by atoms with Crippen LogP contribution in [0, 0.1) is 39.9 Å².